The van der Waals surface area contributed by atoms with E-state index in [9.17, 15) is 28.8 Å². The van der Waals surface area contributed by atoms with Crippen LogP contribution >= 0.6 is 0 Å². The number of nitrogens with two attached hydrogens (primary N) is 1. The number of phenolic OH excluding ortho intramolecular Hbond substituents is 1. The number of aromatic nitrogens is 1. The third kappa shape index (κ3) is 5.69. The van der Waals surface area contributed by atoms with Gasteiger partial charge in [0.1, 0.15) is 40.7 Å². The lowest BCUT2D eigenvalue weighted by atomic mass is 9.96. The van der Waals surface area contributed by atoms with Gasteiger partial charge >= 0.3 is 12.1 Å². The average Bonchev–Trinajstić information content (AvgIpc) is 3.25. The molecule has 36 heavy (non-hydrogen) atoms. The van der Waals surface area contributed by atoms with Crippen molar-refractivity contribution in [2.24, 2.45) is 4.99 Å². The van der Waals surface area contributed by atoms with Gasteiger partial charge in [-0.3, -0.25) is 4.99 Å². The van der Waals surface area contributed by atoms with Crippen LogP contribution in [0.5, 0.6) is 5.75 Å². The molecular weight excluding hydrogens is 477 g/mol. The molecular formula is C24H17F3N6O3. The van der Waals surface area contributed by atoms with Crippen LogP contribution in [0.1, 0.15) is 16.7 Å². The largest absolute Gasteiger partial charge is 0.508 e. The molecule has 12 heteroatoms. The summed E-state index contributed by atoms with van der Waals surface area (Å²) in [4.78, 5) is 17.7. The number of aliphatic imine (C=N–C) groups is 1. The van der Waals surface area contributed by atoms with Crippen LogP contribution in [0.4, 0.5) is 30.5 Å². The highest BCUT2D eigenvalue weighted by Crippen LogP contribution is 2.35. The van der Waals surface area contributed by atoms with Gasteiger partial charge in [0.2, 0.25) is 0 Å². The van der Waals surface area contributed by atoms with E-state index in [0.717, 1.165) is 23.4 Å². The van der Waals surface area contributed by atoms with E-state index in [4.69, 9.17) is 15.6 Å². The van der Waals surface area contributed by atoms with Crippen molar-refractivity contribution in [3.8, 4) is 29.0 Å². The third-order valence-electron chi connectivity index (χ3n) is 4.95. The first-order valence-corrected chi connectivity index (χ1v) is 10.2. The molecule has 0 fully saturated rings. The number of hydrogen-bond acceptors (Lipinski definition) is 8. The van der Waals surface area contributed by atoms with Gasteiger partial charge in [0.05, 0.1) is 12.2 Å². The van der Waals surface area contributed by atoms with Crippen molar-refractivity contribution in [3.63, 3.8) is 0 Å². The van der Waals surface area contributed by atoms with Crippen LogP contribution in [0, 0.1) is 22.7 Å². The average molecular weight is 494 g/mol. The normalized spacial score (nSPS) is 11.8. The van der Waals surface area contributed by atoms with Crippen LogP contribution in [0.2, 0.25) is 0 Å². The Morgan fingerprint density at radius 1 is 1.11 bits per heavy atom. The van der Waals surface area contributed by atoms with Gasteiger partial charge < -0.3 is 21.3 Å². The van der Waals surface area contributed by atoms with E-state index < -0.39 is 12.1 Å². The molecule has 4 rings (SSSR count). The van der Waals surface area contributed by atoms with Crippen LogP contribution in [0.3, 0.4) is 0 Å². The zero-order valence-corrected chi connectivity index (χ0v) is 18.3. The Morgan fingerprint density at radius 2 is 1.78 bits per heavy atom. The maximum atomic E-state index is 10.6. The summed E-state index contributed by atoms with van der Waals surface area (Å²) in [6, 6.07) is 18.4. The second-order valence-electron chi connectivity index (χ2n) is 7.38. The Kier molecular flexibility index (Phi) is 7.40. The van der Waals surface area contributed by atoms with Crippen molar-refractivity contribution in [2.75, 3.05) is 17.6 Å². The molecule has 1 aromatic heterocycles. The first-order valence-electron chi connectivity index (χ1n) is 10.2. The quantitative estimate of drug-likeness (QED) is 0.419. The topological polar surface area (TPSA) is 168 Å². The minimum Gasteiger partial charge on any atom is -0.508 e. The number of para-hydroxylation sites is 1. The maximum absolute atomic E-state index is 10.6. The van der Waals surface area contributed by atoms with Gasteiger partial charge in [0.25, 0.3) is 0 Å². The molecule has 2 aromatic carbocycles. The van der Waals surface area contributed by atoms with E-state index in [-0.39, 0.29) is 28.5 Å². The Morgan fingerprint density at radius 3 is 2.36 bits per heavy atom. The number of aliphatic carboxylic acids is 1. The number of nitriles is 2. The van der Waals surface area contributed by atoms with Crippen LogP contribution in [0.15, 0.2) is 53.5 Å². The lowest BCUT2D eigenvalue weighted by Crippen LogP contribution is -2.21. The lowest BCUT2D eigenvalue weighted by Gasteiger charge is -2.14. The number of pyridine rings is 1. The number of hydrogen-bond donors (Lipinski definition) is 4. The summed E-state index contributed by atoms with van der Waals surface area (Å²) in [6.07, 6.45) is -4.36. The van der Waals surface area contributed by atoms with Crippen molar-refractivity contribution < 1.29 is 28.2 Å². The molecule has 182 valence electrons. The summed E-state index contributed by atoms with van der Waals surface area (Å²) in [5.41, 5.74) is 10.2. The second-order valence-corrected chi connectivity index (χ2v) is 7.38. The van der Waals surface area contributed by atoms with Crippen molar-refractivity contribution >= 4 is 29.0 Å². The van der Waals surface area contributed by atoms with Crippen molar-refractivity contribution in [1.29, 1.82) is 10.5 Å². The van der Waals surface area contributed by atoms with Gasteiger partial charge in [0.15, 0.2) is 0 Å². The number of nitrogens with zero attached hydrogens (tertiary/aromatic N) is 4. The molecule has 0 saturated carbocycles. The van der Waals surface area contributed by atoms with E-state index >= 15 is 0 Å². The van der Waals surface area contributed by atoms with E-state index in [0.29, 0.717) is 17.7 Å². The number of anilines is 2. The van der Waals surface area contributed by atoms with Gasteiger partial charge in [0, 0.05) is 17.7 Å². The fourth-order valence-corrected chi connectivity index (χ4v) is 3.39. The zero-order valence-electron chi connectivity index (χ0n) is 18.3. The molecule has 0 amide bonds. The number of aromatic hydroxyl groups is 1. The number of carboxylic acids is 1. The number of phenols is 1. The Hall–Kier alpha value is -5.10. The number of alkyl halides is 3. The third-order valence-corrected chi connectivity index (χ3v) is 4.95. The summed E-state index contributed by atoms with van der Waals surface area (Å²) < 4.78 is 31.7. The summed E-state index contributed by atoms with van der Waals surface area (Å²) in [7, 11) is 0. The summed E-state index contributed by atoms with van der Waals surface area (Å²) in [6.45, 7) is 0.390. The van der Waals surface area contributed by atoms with E-state index in [2.05, 4.69) is 21.4 Å². The second kappa shape index (κ2) is 10.4. The highest BCUT2D eigenvalue weighted by molar-refractivity contribution is 5.97. The molecule has 1 aliphatic rings. The SMILES string of the molecule is N#Cc1c(N)nc(NCC2=Nc3ccccc3C2)c(C#N)c1-c1cccc(O)c1.O=C(O)C(F)(F)F. The number of benzene rings is 2. The van der Waals surface area contributed by atoms with Crippen LogP contribution in [-0.2, 0) is 11.2 Å². The predicted octanol–water partition coefficient (Wildman–Crippen LogP) is 4.15. The molecule has 3 aromatic rings. The van der Waals surface area contributed by atoms with Crippen LogP contribution in [-0.4, -0.2) is 39.6 Å². The fraction of sp³-hybridized carbons (Fsp3) is 0.125. The van der Waals surface area contributed by atoms with Crippen molar-refractivity contribution in [3.05, 3.63) is 65.2 Å². The zero-order chi connectivity index (χ0) is 26.5. The minimum absolute atomic E-state index is 0.0176. The van der Waals surface area contributed by atoms with E-state index in [1.165, 1.54) is 12.1 Å². The number of fused-ring (bicyclic) bond motifs is 1. The number of nitrogens with one attached hydrogen (secondary N) is 1. The van der Waals surface area contributed by atoms with Crippen LogP contribution in [0.25, 0.3) is 11.1 Å². The van der Waals surface area contributed by atoms with Gasteiger partial charge in [-0.05, 0) is 29.3 Å². The molecule has 0 saturated heterocycles. The first kappa shape index (κ1) is 25.5. The van der Waals surface area contributed by atoms with Crippen molar-refractivity contribution in [1.82, 2.24) is 4.98 Å². The molecule has 1 aliphatic heterocycles. The minimum atomic E-state index is -5.08. The molecule has 0 bridgehead atoms. The fourth-order valence-electron chi connectivity index (χ4n) is 3.39. The number of nitrogen functional groups attached to an aromatic ring is 1. The van der Waals surface area contributed by atoms with Crippen LogP contribution < -0.4 is 11.1 Å². The number of carboxylic acid groups (broad SMARTS) is 1. The summed E-state index contributed by atoms with van der Waals surface area (Å²) >= 11 is 0. The highest BCUT2D eigenvalue weighted by Gasteiger charge is 2.38. The molecule has 5 N–H and O–H groups in total. The van der Waals surface area contributed by atoms with Gasteiger partial charge in [-0.25, -0.2) is 9.78 Å². The monoisotopic (exact) mass is 494 g/mol. The predicted molar refractivity (Wildman–Crippen MR) is 125 cm³/mol. The van der Waals surface area contributed by atoms with Gasteiger partial charge in [-0.15, -0.1) is 0 Å². The first-order chi connectivity index (χ1) is 17.0. The molecule has 0 radical (unpaired) electrons. The highest BCUT2D eigenvalue weighted by atomic mass is 19.4. The summed E-state index contributed by atoms with van der Waals surface area (Å²) in [5, 5.41) is 39.5. The van der Waals surface area contributed by atoms with E-state index in [1.54, 1.807) is 12.1 Å². The lowest BCUT2D eigenvalue weighted by molar-refractivity contribution is -0.192. The molecule has 0 unspecified atom stereocenters. The van der Waals surface area contributed by atoms with Crippen molar-refractivity contribution in [2.45, 2.75) is 12.6 Å². The molecule has 2 heterocycles. The number of halogens is 3. The molecule has 0 aliphatic carbocycles. The van der Waals surface area contributed by atoms with Gasteiger partial charge in [-0.1, -0.05) is 30.3 Å². The molecule has 0 atom stereocenters. The Labute approximate surface area is 202 Å². The Balaban J connectivity index is 0.000000454. The standard InChI is InChI=1S/C22H16N6O.C2HF3O2/c23-10-17-20(14-5-3-6-16(29)9-14)18(11-24)22(28-21(17)25)26-12-15-8-13-4-1-2-7-19(13)27-15;3-2(4,5)1(6)7/h1-7,9,29H,8,12H2,(H3,25,26,28);(H,6,7). The molecule has 0 spiro atoms. The smallest absolute Gasteiger partial charge is 0.490 e. The number of carbonyl (C=O) groups is 1. The molecule has 9 nitrogen and oxygen atoms in total. The van der Waals surface area contributed by atoms with Gasteiger partial charge in [-0.2, -0.15) is 23.7 Å². The van der Waals surface area contributed by atoms with E-state index in [1.807, 2.05) is 30.3 Å². The number of rotatable bonds is 4. The Bertz CT molecular complexity index is 1440. The maximum Gasteiger partial charge on any atom is 0.490 e. The summed E-state index contributed by atoms with van der Waals surface area (Å²) in [5.74, 6) is -2.43.